The van der Waals surface area contributed by atoms with Crippen molar-refractivity contribution in [1.82, 2.24) is 0 Å². The predicted molar refractivity (Wildman–Crippen MR) is 68.9 cm³/mol. The maximum atomic E-state index is 11.8. The molecular formula is C13H10O9. The third-order valence-electron chi connectivity index (χ3n) is 3.22. The zero-order chi connectivity index (χ0) is 16.8. The molecular weight excluding hydrogens is 300 g/mol. The number of ketones is 2. The molecule has 2 rings (SSSR count). The predicted octanol–water partition coefficient (Wildman–Crippen LogP) is 0.371. The van der Waals surface area contributed by atoms with Gasteiger partial charge in [0.25, 0.3) is 5.78 Å². The van der Waals surface area contributed by atoms with Crippen molar-refractivity contribution >= 4 is 23.3 Å². The van der Waals surface area contributed by atoms with E-state index in [0.717, 1.165) is 0 Å². The number of phenols is 3. The quantitative estimate of drug-likeness (QED) is 0.262. The molecule has 0 unspecified atom stereocenters. The number of fused-ring (bicyclic) bond motifs is 1. The Morgan fingerprint density at radius 2 is 1.36 bits per heavy atom. The van der Waals surface area contributed by atoms with Gasteiger partial charge in [-0.2, -0.15) is 0 Å². The Morgan fingerprint density at radius 3 is 1.91 bits per heavy atom. The summed E-state index contributed by atoms with van der Waals surface area (Å²) in [6.45, 7) is 0. The third-order valence-corrected chi connectivity index (χ3v) is 3.22. The summed E-state index contributed by atoms with van der Waals surface area (Å²) in [6, 6.07) is 0. The molecule has 0 saturated heterocycles. The molecule has 1 aromatic rings. The molecule has 116 valence electrons. The van der Waals surface area contributed by atoms with Crippen LogP contribution in [0.25, 0.3) is 5.76 Å². The standard InChI is InChI=1S/C13H10O9/c14-4(15)2-1-3-7(16)5-6(9(18)8(3)17)11(20)13(22)12(21)10(5)19/h16-18,20,22H,1-2H2,(H,14,15). The lowest BCUT2D eigenvalue weighted by atomic mass is 9.87. The number of carbonyl (C=O) groups is 3. The monoisotopic (exact) mass is 310 g/mol. The van der Waals surface area contributed by atoms with Crippen LogP contribution in [0.15, 0.2) is 5.76 Å². The van der Waals surface area contributed by atoms with E-state index in [2.05, 4.69) is 0 Å². The van der Waals surface area contributed by atoms with E-state index >= 15 is 0 Å². The van der Waals surface area contributed by atoms with Gasteiger partial charge in [0.2, 0.25) is 11.5 Å². The first kappa shape index (κ1) is 15.2. The fraction of sp³-hybridized carbons (Fsp3) is 0.154. The number of rotatable bonds is 3. The summed E-state index contributed by atoms with van der Waals surface area (Å²) in [6.07, 6.45) is -0.972. The van der Waals surface area contributed by atoms with E-state index in [1.165, 1.54) is 0 Å². The molecule has 0 heterocycles. The van der Waals surface area contributed by atoms with Gasteiger partial charge >= 0.3 is 5.97 Å². The van der Waals surface area contributed by atoms with Crippen molar-refractivity contribution in [3.05, 3.63) is 22.4 Å². The highest BCUT2D eigenvalue weighted by Crippen LogP contribution is 2.47. The minimum absolute atomic E-state index is 0.439. The Kier molecular flexibility index (Phi) is 3.41. The van der Waals surface area contributed by atoms with Crippen molar-refractivity contribution in [2.75, 3.05) is 0 Å². The highest BCUT2D eigenvalue weighted by molar-refractivity contribution is 6.52. The van der Waals surface area contributed by atoms with Crippen molar-refractivity contribution in [3.63, 3.8) is 0 Å². The van der Waals surface area contributed by atoms with Crippen LogP contribution < -0.4 is 0 Å². The van der Waals surface area contributed by atoms with Crippen LogP contribution in [0, 0.1) is 0 Å². The minimum Gasteiger partial charge on any atom is -0.507 e. The maximum Gasteiger partial charge on any atom is 0.303 e. The fourth-order valence-electron chi connectivity index (χ4n) is 2.13. The number of carboxylic acid groups (broad SMARTS) is 1. The summed E-state index contributed by atoms with van der Waals surface area (Å²) in [5, 5.41) is 57.2. The van der Waals surface area contributed by atoms with Gasteiger partial charge in [-0.25, -0.2) is 0 Å². The lowest BCUT2D eigenvalue weighted by Crippen LogP contribution is -2.24. The number of allylic oxidation sites excluding steroid dienone is 1. The highest BCUT2D eigenvalue weighted by Gasteiger charge is 2.40. The van der Waals surface area contributed by atoms with E-state index in [-0.39, 0.29) is 0 Å². The van der Waals surface area contributed by atoms with E-state index in [0.29, 0.717) is 0 Å². The van der Waals surface area contributed by atoms with Crippen molar-refractivity contribution in [2.45, 2.75) is 12.8 Å². The van der Waals surface area contributed by atoms with Crippen LogP contribution in [0.3, 0.4) is 0 Å². The van der Waals surface area contributed by atoms with Gasteiger partial charge in [0, 0.05) is 12.0 Å². The first-order chi connectivity index (χ1) is 10.2. The van der Waals surface area contributed by atoms with Crippen LogP contribution >= 0.6 is 0 Å². The number of carboxylic acids is 1. The molecule has 0 aliphatic heterocycles. The van der Waals surface area contributed by atoms with Gasteiger partial charge in [-0.3, -0.25) is 14.4 Å². The largest absolute Gasteiger partial charge is 0.507 e. The summed E-state index contributed by atoms with van der Waals surface area (Å²) < 4.78 is 0. The van der Waals surface area contributed by atoms with Crippen molar-refractivity contribution in [3.8, 4) is 17.2 Å². The van der Waals surface area contributed by atoms with Crippen molar-refractivity contribution < 1.29 is 45.0 Å². The van der Waals surface area contributed by atoms with Crippen LogP contribution in [-0.4, -0.2) is 48.2 Å². The molecule has 9 nitrogen and oxygen atoms in total. The molecule has 1 aliphatic carbocycles. The zero-order valence-corrected chi connectivity index (χ0v) is 10.8. The normalized spacial score (nSPS) is 14.2. The van der Waals surface area contributed by atoms with E-state index in [1.807, 2.05) is 0 Å². The van der Waals surface area contributed by atoms with Gasteiger partial charge in [-0.15, -0.1) is 0 Å². The molecule has 1 aromatic carbocycles. The fourth-order valence-corrected chi connectivity index (χ4v) is 2.13. The topological polar surface area (TPSA) is 173 Å². The van der Waals surface area contributed by atoms with Crippen LogP contribution in [0.4, 0.5) is 0 Å². The molecule has 0 spiro atoms. The Labute approximate surface area is 122 Å². The number of carbonyl (C=O) groups excluding carboxylic acids is 2. The molecule has 9 heteroatoms. The minimum atomic E-state index is -1.51. The lowest BCUT2D eigenvalue weighted by molar-refractivity contribution is -0.137. The number of aliphatic carboxylic acids is 1. The number of aromatic hydroxyl groups is 3. The van der Waals surface area contributed by atoms with E-state index in [1.54, 1.807) is 0 Å². The number of aliphatic hydroxyl groups excluding tert-OH is 2. The number of hydrogen-bond donors (Lipinski definition) is 6. The van der Waals surface area contributed by atoms with Gasteiger partial charge in [0.1, 0.15) is 5.75 Å². The number of Topliss-reactive ketones (excluding diaryl/α,β-unsaturated/α-hetero) is 2. The SMILES string of the molecule is O=C(O)CCc1c(O)c(O)c2c(c1O)C(=O)C(=O)C(O)=C2O. The highest BCUT2D eigenvalue weighted by atomic mass is 16.4. The molecule has 0 amide bonds. The molecule has 22 heavy (non-hydrogen) atoms. The van der Waals surface area contributed by atoms with Crippen LogP contribution in [0.5, 0.6) is 17.2 Å². The summed E-state index contributed by atoms with van der Waals surface area (Å²) in [5.41, 5.74) is -2.07. The summed E-state index contributed by atoms with van der Waals surface area (Å²) >= 11 is 0. The van der Waals surface area contributed by atoms with Gasteiger partial charge < -0.3 is 30.6 Å². The smallest absolute Gasteiger partial charge is 0.303 e. The van der Waals surface area contributed by atoms with Gasteiger partial charge in [-0.1, -0.05) is 0 Å². The van der Waals surface area contributed by atoms with E-state index in [4.69, 9.17) is 5.11 Å². The van der Waals surface area contributed by atoms with Crippen LogP contribution in [-0.2, 0) is 16.0 Å². The molecule has 0 saturated carbocycles. The number of phenolic OH excluding ortho intramolecular Hbond substituents is 3. The molecule has 0 bridgehead atoms. The van der Waals surface area contributed by atoms with Crippen LogP contribution in [0.2, 0.25) is 0 Å². The maximum absolute atomic E-state index is 11.8. The first-order valence-corrected chi connectivity index (χ1v) is 5.91. The Hall–Kier alpha value is -3.23. The molecule has 0 atom stereocenters. The summed E-state index contributed by atoms with van der Waals surface area (Å²) in [5.74, 6) is -9.64. The zero-order valence-electron chi connectivity index (χ0n) is 10.8. The summed E-state index contributed by atoms with van der Waals surface area (Å²) in [4.78, 5) is 33.8. The van der Waals surface area contributed by atoms with Gasteiger partial charge in [0.15, 0.2) is 17.3 Å². The lowest BCUT2D eigenvalue weighted by Gasteiger charge is -2.20. The van der Waals surface area contributed by atoms with Gasteiger partial charge in [-0.05, 0) is 6.42 Å². The first-order valence-electron chi connectivity index (χ1n) is 5.91. The van der Waals surface area contributed by atoms with Crippen molar-refractivity contribution in [1.29, 1.82) is 0 Å². The molecule has 1 aliphatic rings. The Morgan fingerprint density at radius 1 is 0.773 bits per heavy atom. The van der Waals surface area contributed by atoms with E-state index in [9.17, 15) is 39.9 Å². The molecule has 6 N–H and O–H groups in total. The van der Waals surface area contributed by atoms with E-state index < -0.39 is 75.8 Å². The summed E-state index contributed by atoms with van der Waals surface area (Å²) in [7, 11) is 0. The second-order valence-electron chi connectivity index (χ2n) is 4.52. The average Bonchev–Trinajstić information content (AvgIpc) is 2.46. The Bertz CT molecular complexity index is 758. The Balaban J connectivity index is 2.78. The second-order valence-corrected chi connectivity index (χ2v) is 4.52. The number of benzene rings is 1. The number of hydrogen-bond acceptors (Lipinski definition) is 8. The van der Waals surface area contributed by atoms with Crippen LogP contribution in [0.1, 0.15) is 27.9 Å². The van der Waals surface area contributed by atoms with Gasteiger partial charge in [0.05, 0.1) is 11.1 Å². The molecule has 0 fully saturated rings. The van der Waals surface area contributed by atoms with Crippen molar-refractivity contribution in [2.24, 2.45) is 0 Å². The second kappa shape index (κ2) is 4.95. The average molecular weight is 310 g/mol. The molecule has 0 radical (unpaired) electrons. The number of aliphatic hydroxyl groups is 2. The third kappa shape index (κ3) is 1.99. The molecule has 0 aromatic heterocycles.